The van der Waals surface area contributed by atoms with E-state index in [2.05, 4.69) is 73.4 Å². The largest absolute Gasteiger partial charge is 0.377 e. The summed E-state index contributed by atoms with van der Waals surface area (Å²) in [6.07, 6.45) is 13.5. The second-order valence-corrected chi connectivity index (χ2v) is 22.9. The first-order chi connectivity index (χ1) is 47.7. The molecular formula is C64H73FN22O13. The number of ether oxygens (including phenoxy) is 2. The van der Waals surface area contributed by atoms with Gasteiger partial charge < -0.3 is 104 Å². The van der Waals surface area contributed by atoms with Crippen molar-refractivity contribution in [3.8, 4) is 0 Å². The molecule has 8 heterocycles. The molecule has 0 aliphatic rings. The predicted octanol–water partition coefficient (Wildman–Crippen LogP) is 2.69. The van der Waals surface area contributed by atoms with Gasteiger partial charge in [-0.05, 0) is 55.0 Å². The number of halogens is 1. The zero-order valence-corrected chi connectivity index (χ0v) is 55.7. The zero-order chi connectivity index (χ0) is 72.1. The molecule has 0 saturated carbocycles. The lowest BCUT2D eigenvalue weighted by molar-refractivity contribution is -0.125. The van der Waals surface area contributed by atoms with Crippen LogP contribution < -0.4 is 58.5 Å². The fraction of sp³-hybridized carbons (Fsp3) is 0.281. The SMILES string of the molecule is CC(=O)N[C@H](CCNC(=O)c1cc(NC(=O)c2cc(NC(=O)c3nc(NC(=O)c4nccn4C)cn3C)cn2C)cn1C)C(=O)Nc1cn(C)c(C(=O)Nc2cc(C(=O)Nc3cc(C(=O)Nc4cc(C(=O)NCCOCCOCCNC(=O)c5cccc(F)c5)n(C)c4)n(C)c3)n(C)c2)n1. The molecule has 1 atom stereocenters. The molecule has 0 spiro atoms. The van der Waals surface area contributed by atoms with Gasteiger partial charge in [0.05, 0.1) is 54.9 Å². The number of imidazole rings is 3. The summed E-state index contributed by atoms with van der Waals surface area (Å²) in [5, 5.41) is 29.6. The maximum atomic E-state index is 13.6. The number of hydrogen-bond donors (Lipinski definition) is 11. The number of benzene rings is 1. The van der Waals surface area contributed by atoms with Crippen LogP contribution in [0.1, 0.15) is 108 Å². The van der Waals surface area contributed by atoms with Crippen molar-refractivity contribution in [2.45, 2.75) is 19.4 Å². The van der Waals surface area contributed by atoms with E-state index < -0.39 is 76.8 Å². The van der Waals surface area contributed by atoms with Gasteiger partial charge in [0.25, 0.3) is 53.2 Å². The summed E-state index contributed by atoms with van der Waals surface area (Å²) in [6, 6.07) is 11.4. The van der Waals surface area contributed by atoms with E-state index in [-0.39, 0.29) is 138 Å². The average molecular weight is 1380 g/mol. The highest BCUT2D eigenvalue weighted by atomic mass is 19.1. The van der Waals surface area contributed by atoms with E-state index in [0.717, 1.165) is 6.07 Å². The molecule has 524 valence electrons. The average Bonchev–Trinajstić information content (AvgIpc) is 1.68. The molecule has 0 unspecified atom stereocenters. The van der Waals surface area contributed by atoms with Gasteiger partial charge in [0.15, 0.2) is 17.5 Å². The molecule has 0 saturated heterocycles. The highest BCUT2D eigenvalue weighted by Gasteiger charge is 2.26. The van der Waals surface area contributed by atoms with Crippen LogP contribution in [0.5, 0.6) is 0 Å². The highest BCUT2D eigenvalue weighted by molar-refractivity contribution is 6.10. The van der Waals surface area contributed by atoms with Gasteiger partial charge in [-0.3, -0.25) is 52.7 Å². The lowest BCUT2D eigenvalue weighted by Gasteiger charge is -2.17. The third-order valence-electron chi connectivity index (χ3n) is 15.1. The Kier molecular flexibility index (Phi) is 22.8. The molecule has 0 radical (unpaired) electrons. The first kappa shape index (κ1) is 71.6. The van der Waals surface area contributed by atoms with Gasteiger partial charge in [0.2, 0.25) is 23.5 Å². The predicted molar refractivity (Wildman–Crippen MR) is 360 cm³/mol. The van der Waals surface area contributed by atoms with E-state index in [1.165, 1.54) is 138 Å². The molecule has 0 aliphatic heterocycles. The Morgan fingerprint density at radius 3 is 1.22 bits per heavy atom. The van der Waals surface area contributed by atoms with Crippen LogP contribution >= 0.6 is 0 Å². The van der Waals surface area contributed by atoms with Crippen molar-refractivity contribution in [1.82, 2.24) is 72.8 Å². The van der Waals surface area contributed by atoms with E-state index in [0.29, 0.717) is 5.69 Å². The Morgan fingerprint density at radius 1 is 0.420 bits per heavy atom. The van der Waals surface area contributed by atoms with Gasteiger partial charge in [-0.15, -0.1) is 0 Å². The van der Waals surface area contributed by atoms with E-state index in [9.17, 15) is 57.1 Å². The lowest BCUT2D eigenvalue weighted by Crippen LogP contribution is -2.45. The summed E-state index contributed by atoms with van der Waals surface area (Å²) >= 11 is 0. The van der Waals surface area contributed by atoms with Crippen LogP contribution in [0.3, 0.4) is 0 Å². The van der Waals surface area contributed by atoms with Crippen LogP contribution in [0, 0.1) is 5.82 Å². The normalized spacial score (nSPS) is 11.3. The van der Waals surface area contributed by atoms with Crippen molar-refractivity contribution >= 4 is 105 Å². The van der Waals surface area contributed by atoms with Gasteiger partial charge in [-0.25, -0.2) is 19.3 Å². The monoisotopic (exact) mass is 1380 g/mol. The summed E-state index contributed by atoms with van der Waals surface area (Å²) in [4.78, 5) is 157. The fourth-order valence-electron chi connectivity index (χ4n) is 10.3. The number of aromatic nitrogens is 11. The lowest BCUT2D eigenvalue weighted by atomic mass is 10.2. The van der Waals surface area contributed by atoms with Crippen LogP contribution in [-0.2, 0) is 75.4 Å². The van der Waals surface area contributed by atoms with Crippen LogP contribution in [-0.4, -0.2) is 169 Å². The standard InChI is InChI=1S/C64H73FN22O13/c1-36(88)70-44(13-14-67-57(91)45-24-39(29-81(45)3)71-60(94)48-27-43(33-84(48)6)75-64(98)54-77-51(35-87(54)9)79-62(96)52-66-15-18-80(52)2)56(90)78-50-34-86(8)53(76-50)63(97)74-42-28-49(85(7)32-42)61(95)73-41-26-47(83(5)31-41)59(93)72-40-25-46(82(4)30-40)58(92)69-17-20-100-22-21-99-19-16-68-55(89)37-11-10-12-38(65)23-37/h10-12,15,18,23-35,44H,13-14,16-17,19-22H2,1-9H3,(H,67,91)(H,68,89)(H,69,92)(H,70,88)(H,71,94)(H,72,93)(H,73,95)(H,74,97)(H,75,98)(H,78,90)(H,79,96)/t44-/m1/s1. The molecular weight excluding hydrogens is 1300 g/mol. The third kappa shape index (κ3) is 18.2. The molecule has 0 fully saturated rings. The van der Waals surface area contributed by atoms with E-state index >= 15 is 0 Å². The second kappa shape index (κ2) is 31.9. The van der Waals surface area contributed by atoms with Crippen LogP contribution in [0.2, 0.25) is 0 Å². The van der Waals surface area contributed by atoms with Gasteiger partial charge in [-0.1, -0.05) is 6.07 Å². The summed E-state index contributed by atoms with van der Waals surface area (Å²) in [5.74, 6) is -6.64. The first-order valence-corrected chi connectivity index (χ1v) is 30.8. The van der Waals surface area contributed by atoms with Crippen molar-refractivity contribution in [1.29, 1.82) is 0 Å². The van der Waals surface area contributed by atoms with Gasteiger partial charge >= 0.3 is 0 Å². The maximum Gasteiger partial charge on any atom is 0.292 e. The second-order valence-electron chi connectivity index (χ2n) is 22.9. The molecule has 8 aromatic heterocycles. The molecule has 0 bridgehead atoms. The van der Waals surface area contributed by atoms with Crippen LogP contribution in [0.15, 0.2) is 110 Å². The summed E-state index contributed by atoms with van der Waals surface area (Å²) in [5.41, 5.74) is 2.40. The van der Waals surface area contributed by atoms with Crippen molar-refractivity contribution in [2.75, 3.05) is 83.3 Å². The number of nitrogens with one attached hydrogen (secondary N) is 11. The van der Waals surface area contributed by atoms with Crippen molar-refractivity contribution in [2.24, 2.45) is 56.4 Å². The number of nitrogens with zero attached hydrogens (tertiary/aromatic N) is 11. The number of carbonyl (C=O) groups is 11. The highest BCUT2D eigenvalue weighted by Crippen LogP contribution is 2.23. The molecule has 1 aromatic carbocycles. The Bertz CT molecular complexity index is 4610. The molecule has 11 N–H and O–H groups in total. The van der Waals surface area contributed by atoms with Crippen molar-refractivity contribution in [3.05, 3.63) is 168 Å². The van der Waals surface area contributed by atoms with E-state index in [1.54, 1.807) is 66.3 Å². The topological polar surface area (TPSA) is 417 Å². The minimum absolute atomic E-state index is 0.0276. The minimum atomic E-state index is -1.18. The third-order valence-corrected chi connectivity index (χ3v) is 15.1. The fourth-order valence-corrected chi connectivity index (χ4v) is 10.3. The molecule has 35 nitrogen and oxygen atoms in total. The smallest absolute Gasteiger partial charge is 0.292 e. The number of amides is 11. The molecule has 11 amide bonds. The number of carbonyl (C=O) groups excluding carboxylic acids is 11. The molecule has 9 rings (SSSR count). The summed E-state index contributed by atoms with van der Waals surface area (Å²) in [7, 11) is 12.8. The summed E-state index contributed by atoms with van der Waals surface area (Å²) < 4.78 is 36.1. The first-order valence-electron chi connectivity index (χ1n) is 30.8. The Morgan fingerprint density at radius 2 is 0.810 bits per heavy atom. The van der Waals surface area contributed by atoms with Crippen LogP contribution in [0.25, 0.3) is 0 Å². The van der Waals surface area contributed by atoms with Gasteiger partial charge in [-0.2, -0.15) is 0 Å². The van der Waals surface area contributed by atoms with E-state index in [4.69, 9.17) is 9.47 Å². The summed E-state index contributed by atoms with van der Waals surface area (Å²) in [6.45, 7) is 2.39. The molecule has 100 heavy (non-hydrogen) atoms. The van der Waals surface area contributed by atoms with E-state index in [1.807, 2.05) is 0 Å². The van der Waals surface area contributed by atoms with Gasteiger partial charge in [0, 0.05) is 144 Å². The Balaban J connectivity index is 0.694. The van der Waals surface area contributed by atoms with Crippen molar-refractivity contribution < 1.29 is 66.6 Å². The maximum absolute atomic E-state index is 13.6. The number of aryl methyl sites for hydroxylation is 8. The zero-order valence-electron chi connectivity index (χ0n) is 55.7. The molecule has 9 aromatic rings. The Hall–Kier alpha value is -12.7. The number of hydrogen-bond acceptors (Lipinski definition) is 16. The number of anilines is 7. The van der Waals surface area contributed by atoms with Crippen LogP contribution in [0.4, 0.5) is 44.5 Å². The molecule has 0 aliphatic carbocycles. The number of rotatable bonds is 30. The van der Waals surface area contributed by atoms with Gasteiger partial charge in [0.1, 0.15) is 40.3 Å². The Labute approximate surface area is 569 Å². The van der Waals surface area contributed by atoms with Crippen molar-refractivity contribution in [3.63, 3.8) is 0 Å². The quantitative estimate of drug-likeness (QED) is 0.0288. The minimum Gasteiger partial charge on any atom is -0.377 e. The molecule has 36 heteroatoms.